The Morgan fingerprint density at radius 2 is 1.93 bits per heavy atom. The maximum absolute atomic E-state index is 5.94. The molecule has 28 heavy (non-hydrogen) atoms. The van der Waals surface area contributed by atoms with E-state index in [1.54, 1.807) is 6.20 Å². The van der Waals surface area contributed by atoms with Crippen LogP contribution in [0.3, 0.4) is 0 Å². The fourth-order valence-electron chi connectivity index (χ4n) is 4.09. The molecule has 0 amide bonds. The van der Waals surface area contributed by atoms with Crippen LogP contribution in [0.1, 0.15) is 5.56 Å². The van der Waals surface area contributed by atoms with Crippen molar-refractivity contribution < 1.29 is 8.98 Å². The number of hydrogen-bond donors (Lipinski definition) is 0. The van der Waals surface area contributed by atoms with Gasteiger partial charge in [-0.25, -0.2) is 9.55 Å². The van der Waals surface area contributed by atoms with Crippen LogP contribution in [-0.4, -0.2) is 23.7 Å². The van der Waals surface area contributed by atoms with Gasteiger partial charge in [0.2, 0.25) is 5.71 Å². The maximum atomic E-state index is 5.94. The van der Waals surface area contributed by atoms with Crippen LogP contribution >= 0.6 is 0 Å². The quantitative estimate of drug-likeness (QED) is 0.399. The molecule has 0 fully saturated rings. The Bertz CT molecular complexity index is 1310. The summed E-state index contributed by atoms with van der Waals surface area (Å²) in [6.45, 7) is 2.28. The first-order valence-corrected chi connectivity index (χ1v) is 9.46. The molecule has 0 bridgehead atoms. The van der Waals surface area contributed by atoms with Crippen molar-refractivity contribution in [1.82, 2.24) is 9.79 Å². The highest BCUT2D eigenvalue weighted by atomic mass is 16.3. The largest absolute Gasteiger partial charge is 0.436 e. The number of furan rings is 1. The van der Waals surface area contributed by atoms with Crippen LogP contribution in [0.2, 0.25) is 0 Å². The zero-order chi connectivity index (χ0) is 19.3. The summed E-state index contributed by atoms with van der Waals surface area (Å²) in [5.41, 5.74) is 6.55. The highest BCUT2D eigenvalue weighted by Gasteiger charge is 2.31. The highest BCUT2D eigenvalue weighted by Crippen LogP contribution is 2.21. The van der Waals surface area contributed by atoms with Gasteiger partial charge in [0, 0.05) is 34.6 Å². The second kappa shape index (κ2) is 6.38. The molecule has 4 nitrogen and oxygen atoms in total. The number of benzene rings is 1. The Morgan fingerprint density at radius 3 is 2.75 bits per heavy atom. The van der Waals surface area contributed by atoms with Gasteiger partial charge in [-0.1, -0.05) is 36.3 Å². The number of hydrogen-bond acceptors (Lipinski definition) is 3. The van der Waals surface area contributed by atoms with E-state index in [0.717, 1.165) is 16.0 Å². The van der Waals surface area contributed by atoms with Crippen molar-refractivity contribution in [2.45, 2.75) is 6.92 Å². The van der Waals surface area contributed by atoms with E-state index in [4.69, 9.17) is 4.42 Å². The number of aromatic nitrogens is 2. The van der Waals surface area contributed by atoms with Gasteiger partial charge in [0.1, 0.15) is 7.05 Å². The zero-order valence-electron chi connectivity index (χ0n) is 16.3. The molecule has 136 valence electrons. The third-order valence-corrected chi connectivity index (χ3v) is 5.52. The molecule has 0 N–H and O–H groups in total. The van der Waals surface area contributed by atoms with Gasteiger partial charge in [0.05, 0.1) is 0 Å². The lowest BCUT2D eigenvalue weighted by molar-refractivity contribution is -0.654. The van der Waals surface area contributed by atoms with E-state index < -0.39 is 0 Å². The maximum Gasteiger partial charge on any atom is 0.396 e. The van der Waals surface area contributed by atoms with Crippen LogP contribution in [0.25, 0.3) is 34.4 Å². The van der Waals surface area contributed by atoms with E-state index in [9.17, 15) is 0 Å². The Kier molecular flexibility index (Phi) is 3.83. The lowest BCUT2D eigenvalue weighted by Crippen LogP contribution is -2.61. The second-order valence-corrected chi connectivity index (χ2v) is 7.41. The summed E-state index contributed by atoms with van der Waals surface area (Å²) < 4.78 is 8.16. The van der Waals surface area contributed by atoms with Gasteiger partial charge in [-0.15, -0.1) is 0 Å². The SMILES string of the molecule is Cc1c[n+](C)c(B2C=c3c(oc4ncccc34)=CN2C)cc1-c1ccccc1. The summed E-state index contributed by atoms with van der Waals surface area (Å²) in [5, 5.41) is 2.18. The van der Waals surface area contributed by atoms with E-state index in [1.807, 2.05) is 6.07 Å². The van der Waals surface area contributed by atoms with Crippen LogP contribution in [0.5, 0.6) is 0 Å². The molecule has 0 radical (unpaired) electrons. The Hall–Kier alpha value is -3.34. The minimum atomic E-state index is 0.113. The van der Waals surface area contributed by atoms with Gasteiger partial charge in [-0.2, -0.15) is 0 Å². The molecule has 1 aliphatic heterocycles. The summed E-state index contributed by atoms with van der Waals surface area (Å²) in [5.74, 6) is 2.28. The third-order valence-electron chi connectivity index (χ3n) is 5.52. The number of rotatable bonds is 2. The first-order valence-electron chi connectivity index (χ1n) is 9.46. The van der Waals surface area contributed by atoms with Crippen LogP contribution in [-0.2, 0) is 7.05 Å². The lowest BCUT2D eigenvalue weighted by Gasteiger charge is -2.21. The van der Waals surface area contributed by atoms with Crippen LogP contribution in [0.4, 0.5) is 0 Å². The van der Waals surface area contributed by atoms with Gasteiger partial charge in [-0.3, -0.25) is 0 Å². The summed E-state index contributed by atoms with van der Waals surface area (Å²) in [7, 11) is 4.20. The topological polar surface area (TPSA) is 33.1 Å². The monoisotopic (exact) mass is 366 g/mol. The molecule has 4 heterocycles. The fraction of sp³-hybridized carbons (Fsp3) is 0.130. The minimum absolute atomic E-state index is 0.113. The molecule has 0 saturated heterocycles. The summed E-state index contributed by atoms with van der Waals surface area (Å²) in [4.78, 5) is 6.56. The van der Waals surface area contributed by atoms with Crippen molar-refractivity contribution >= 4 is 35.7 Å². The van der Waals surface area contributed by atoms with E-state index >= 15 is 0 Å². The summed E-state index contributed by atoms with van der Waals surface area (Å²) >= 11 is 0. The molecular formula is C23H21BN3O+. The predicted molar refractivity (Wildman–Crippen MR) is 113 cm³/mol. The van der Waals surface area contributed by atoms with Crippen molar-refractivity contribution in [3.05, 3.63) is 77.1 Å². The Balaban J connectivity index is 1.71. The fourth-order valence-corrected chi connectivity index (χ4v) is 4.09. The van der Waals surface area contributed by atoms with Gasteiger partial charge in [-0.05, 0) is 37.2 Å². The molecule has 0 atom stereocenters. The van der Waals surface area contributed by atoms with E-state index in [2.05, 4.69) is 96.2 Å². The smallest absolute Gasteiger partial charge is 0.396 e. The van der Waals surface area contributed by atoms with Crippen molar-refractivity contribution in [3.8, 4) is 11.1 Å². The van der Waals surface area contributed by atoms with E-state index in [0.29, 0.717) is 5.71 Å². The molecule has 0 aliphatic carbocycles. The first-order chi connectivity index (χ1) is 13.6. The number of aryl methyl sites for hydroxylation is 2. The van der Waals surface area contributed by atoms with Gasteiger partial charge < -0.3 is 9.23 Å². The third kappa shape index (κ3) is 2.62. The zero-order valence-corrected chi connectivity index (χ0v) is 16.3. The van der Waals surface area contributed by atoms with Crippen molar-refractivity contribution in [2.75, 3.05) is 7.05 Å². The Labute approximate surface area is 164 Å². The van der Waals surface area contributed by atoms with Crippen molar-refractivity contribution in [1.29, 1.82) is 0 Å². The normalized spacial score (nSPS) is 13.2. The molecule has 5 rings (SSSR count). The summed E-state index contributed by atoms with van der Waals surface area (Å²) in [6.07, 6.45) is 6.05. The van der Waals surface area contributed by atoms with Crippen molar-refractivity contribution in [2.24, 2.45) is 7.05 Å². The molecule has 4 aromatic rings. The molecule has 0 spiro atoms. The number of nitrogens with zero attached hydrogens (tertiary/aromatic N) is 3. The second-order valence-electron chi connectivity index (χ2n) is 7.41. The number of pyridine rings is 2. The van der Waals surface area contributed by atoms with Gasteiger partial charge in [0.15, 0.2) is 17.2 Å². The molecule has 0 unspecified atom stereocenters. The molecule has 1 aliphatic rings. The summed E-state index contributed by atoms with van der Waals surface area (Å²) in [6, 6.07) is 16.9. The molecule has 3 aromatic heterocycles. The van der Waals surface area contributed by atoms with Crippen molar-refractivity contribution in [3.63, 3.8) is 0 Å². The van der Waals surface area contributed by atoms with E-state index in [-0.39, 0.29) is 6.85 Å². The van der Waals surface area contributed by atoms with Crippen LogP contribution in [0, 0.1) is 6.92 Å². The van der Waals surface area contributed by atoms with Gasteiger partial charge in [0.25, 0.3) is 0 Å². The standard InChI is InChI=1S/C23H21BN3O/c1-16-14-26(2)22(12-19(16)17-8-5-4-6-9-17)24-13-20-18-10-7-11-25-23(18)28-21(20)15-27(24)3/h4-15H,1-3H3/q+1. The lowest BCUT2D eigenvalue weighted by atomic mass is 9.55. The predicted octanol–water partition coefficient (Wildman–Crippen LogP) is 1.53. The molecular weight excluding hydrogens is 345 g/mol. The Morgan fingerprint density at radius 1 is 1.11 bits per heavy atom. The molecule has 5 heteroatoms. The molecule has 0 saturated carbocycles. The first kappa shape index (κ1) is 16.8. The van der Waals surface area contributed by atoms with Crippen LogP contribution in [0.15, 0.2) is 65.3 Å². The highest BCUT2D eigenvalue weighted by molar-refractivity contribution is 6.82. The number of fused-ring (bicyclic) bond motifs is 3. The van der Waals surface area contributed by atoms with Gasteiger partial charge >= 0.3 is 6.85 Å². The average molecular weight is 366 g/mol. The van der Waals surface area contributed by atoms with Crippen LogP contribution < -0.4 is 20.8 Å². The molecule has 1 aromatic carbocycles. The average Bonchev–Trinajstić information content (AvgIpc) is 3.05. The minimum Gasteiger partial charge on any atom is -0.436 e. The van der Waals surface area contributed by atoms with E-state index in [1.165, 1.54) is 22.3 Å².